The third-order valence-corrected chi connectivity index (χ3v) is 7.01. The Morgan fingerprint density at radius 2 is 2.00 bits per heavy atom. The Hall–Kier alpha value is -0.551. The predicted molar refractivity (Wildman–Crippen MR) is 48.3 cm³/mol. The van der Waals surface area contributed by atoms with E-state index < -0.39 is 24.2 Å². The van der Waals surface area contributed by atoms with Gasteiger partial charge in [-0.15, -0.1) is 0 Å². The molecule has 0 radical (unpaired) electrons. The first-order chi connectivity index (χ1) is 5.75. The topological polar surface area (TPSA) is 46.5 Å². The SMILES string of the molecule is C[O][SnH]([C](=O)O)[c]1ccccc1. The molecule has 0 aliphatic carbocycles. The Morgan fingerprint density at radius 1 is 1.42 bits per heavy atom. The van der Waals surface area contributed by atoms with Crippen molar-refractivity contribution >= 4 is 27.7 Å². The Labute approximate surface area is 78.3 Å². The molecule has 1 aromatic carbocycles. The summed E-state index contributed by atoms with van der Waals surface area (Å²) >= 11 is -2.93. The van der Waals surface area contributed by atoms with E-state index in [9.17, 15) is 4.79 Å². The Balaban J connectivity index is 2.88. The average molecular weight is 273 g/mol. The number of carbonyl (C=O) groups is 1. The van der Waals surface area contributed by atoms with E-state index in [-0.39, 0.29) is 0 Å². The molecule has 1 unspecified atom stereocenters. The fourth-order valence-corrected chi connectivity index (χ4v) is 4.81. The molecule has 1 atom stereocenters. The Morgan fingerprint density at radius 3 is 2.42 bits per heavy atom. The molecule has 1 rings (SSSR count). The van der Waals surface area contributed by atoms with Crippen LogP contribution >= 0.6 is 0 Å². The third-order valence-electron chi connectivity index (χ3n) is 1.56. The fourth-order valence-electron chi connectivity index (χ4n) is 1.01. The van der Waals surface area contributed by atoms with Gasteiger partial charge in [0.1, 0.15) is 0 Å². The molecule has 12 heavy (non-hydrogen) atoms. The van der Waals surface area contributed by atoms with Crippen LogP contribution in [-0.4, -0.2) is 36.4 Å². The molecule has 64 valence electrons. The van der Waals surface area contributed by atoms with Crippen molar-refractivity contribution in [2.24, 2.45) is 0 Å². The third kappa shape index (κ3) is 2.22. The van der Waals surface area contributed by atoms with Crippen LogP contribution in [0.25, 0.3) is 0 Å². The van der Waals surface area contributed by atoms with Gasteiger partial charge >= 0.3 is 78.2 Å². The zero-order valence-corrected chi connectivity index (χ0v) is 10.0. The summed E-state index contributed by atoms with van der Waals surface area (Å²) < 4.78 is 5.12. The molecule has 0 spiro atoms. The minimum atomic E-state index is -2.93. The molecule has 0 heterocycles. The van der Waals surface area contributed by atoms with Crippen LogP contribution in [0.5, 0.6) is 0 Å². The quantitative estimate of drug-likeness (QED) is 0.817. The van der Waals surface area contributed by atoms with Crippen molar-refractivity contribution in [2.45, 2.75) is 0 Å². The molecular weight excluding hydrogens is 263 g/mol. The van der Waals surface area contributed by atoms with Gasteiger partial charge in [-0.05, 0) is 0 Å². The second-order valence-electron chi connectivity index (χ2n) is 2.36. The van der Waals surface area contributed by atoms with Gasteiger partial charge in [0.05, 0.1) is 0 Å². The van der Waals surface area contributed by atoms with E-state index in [1.807, 2.05) is 30.3 Å². The maximum atomic E-state index is 10.7. The van der Waals surface area contributed by atoms with Crippen LogP contribution in [0.3, 0.4) is 0 Å². The van der Waals surface area contributed by atoms with Crippen LogP contribution in [-0.2, 0) is 3.07 Å². The Bertz CT molecular complexity index is 260. The number of hydrogen-bond acceptors (Lipinski definition) is 2. The molecule has 0 aromatic heterocycles. The molecule has 4 heteroatoms. The van der Waals surface area contributed by atoms with E-state index in [0.717, 1.165) is 3.58 Å². The monoisotopic (exact) mass is 274 g/mol. The summed E-state index contributed by atoms with van der Waals surface area (Å²) in [6, 6.07) is 9.17. The first-order valence-electron chi connectivity index (χ1n) is 3.56. The van der Waals surface area contributed by atoms with Gasteiger partial charge in [-0.3, -0.25) is 0 Å². The summed E-state index contributed by atoms with van der Waals surface area (Å²) in [5, 5.41) is 8.80. The molecule has 0 saturated heterocycles. The van der Waals surface area contributed by atoms with Gasteiger partial charge in [-0.25, -0.2) is 0 Å². The summed E-state index contributed by atoms with van der Waals surface area (Å²) in [7, 11) is 1.47. The van der Waals surface area contributed by atoms with Crippen LogP contribution in [0.2, 0.25) is 0 Å². The van der Waals surface area contributed by atoms with Crippen molar-refractivity contribution in [3.8, 4) is 0 Å². The van der Waals surface area contributed by atoms with Gasteiger partial charge in [0.2, 0.25) is 0 Å². The summed E-state index contributed by atoms with van der Waals surface area (Å²) in [5.74, 6) is 0. The second kappa shape index (κ2) is 4.47. The predicted octanol–water partition coefficient (Wildman–Crippen LogP) is 0.523. The Kier molecular flexibility index (Phi) is 3.55. The van der Waals surface area contributed by atoms with E-state index in [2.05, 4.69) is 0 Å². The summed E-state index contributed by atoms with van der Waals surface area (Å²) in [6.45, 7) is 0. The zero-order valence-electron chi connectivity index (χ0n) is 6.73. The maximum absolute atomic E-state index is 10.7. The van der Waals surface area contributed by atoms with Crippen LogP contribution in [0.4, 0.5) is 4.79 Å². The zero-order chi connectivity index (χ0) is 8.97. The van der Waals surface area contributed by atoms with Crippen molar-refractivity contribution in [1.29, 1.82) is 0 Å². The first kappa shape index (κ1) is 9.54. The molecule has 0 amide bonds. The van der Waals surface area contributed by atoms with Crippen LogP contribution in [0.15, 0.2) is 30.3 Å². The van der Waals surface area contributed by atoms with Crippen molar-refractivity contribution in [2.75, 3.05) is 7.11 Å². The van der Waals surface area contributed by atoms with Crippen molar-refractivity contribution < 1.29 is 13.0 Å². The van der Waals surface area contributed by atoms with Gasteiger partial charge in [0.25, 0.3) is 0 Å². The summed E-state index contributed by atoms with van der Waals surface area (Å²) in [4.78, 5) is 10.7. The van der Waals surface area contributed by atoms with Gasteiger partial charge in [-0.2, -0.15) is 0 Å². The van der Waals surface area contributed by atoms with Crippen molar-refractivity contribution in [1.82, 2.24) is 0 Å². The summed E-state index contributed by atoms with van der Waals surface area (Å²) in [5.41, 5.74) is 0. The molecule has 0 bridgehead atoms. The molecule has 0 saturated carbocycles. The number of benzene rings is 1. The molecule has 3 nitrogen and oxygen atoms in total. The van der Waals surface area contributed by atoms with E-state index >= 15 is 0 Å². The molecular formula is C8H10O3Sn. The molecule has 1 aromatic rings. The van der Waals surface area contributed by atoms with E-state index in [1.165, 1.54) is 7.11 Å². The van der Waals surface area contributed by atoms with Crippen LogP contribution < -0.4 is 3.58 Å². The number of carboxylic acid groups (broad SMARTS) is 1. The second-order valence-corrected chi connectivity index (χ2v) is 9.19. The van der Waals surface area contributed by atoms with Crippen LogP contribution in [0, 0.1) is 0 Å². The van der Waals surface area contributed by atoms with Crippen LogP contribution in [0.1, 0.15) is 0 Å². The van der Waals surface area contributed by atoms with Crippen molar-refractivity contribution in [3.63, 3.8) is 0 Å². The van der Waals surface area contributed by atoms with Gasteiger partial charge < -0.3 is 0 Å². The number of rotatable bonds is 3. The van der Waals surface area contributed by atoms with Gasteiger partial charge in [0, 0.05) is 0 Å². The first-order valence-corrected chi connectivity index (χ1v) is 8.20. The molecule has 0 aliphatic rings. The van der Waals surface area contributed by atoms with E-state index in [1.54, 1.807) is 0 Å². The van der Waals surface area contributed by atoms with E-state index in [4.69, 9.17) is 8.18 Å². The number of hydrogen-bond donors (Lipinski definition) is 1. The minimum absolute atomic E-state index is 0.759. The van der Waals surface area contributed by atoms with Crippen molar-refractivity contribution in [3.05, 3.63) is 30.3 Å². The molecule has 0 fully saturated rings. The molecule has 1 N–H and O–H groups in total. The standard InChI is InChI=1S/C6H5.CHO2.CH3O.Sn.H/c1-2-4-6-5-3-1;2-1-3;1-2;;/h1-5H;(H,2,3);1H3;;/q;;-1;+1;. The van der Waals surface area contributed by atoms with Gasteiger partial charge in [0.15, 0.2) is 0 Å². The van der Waals surface area contributed by atoms with E-state index in [0.29, 0.717) is 0 Å². The normalized spacial score (nSPS) is 12.4. The molecule has 0 aliphatic heterocycles. The summed E-state index contributed by atoms with van der Waals surface area (Å²) in [6.07, 6.45) is 0. The fraction of sp³-hybridized carbons (Fsp3) is 0.125. The average Bonchev–Trinajstić information content (AvgIpc) is 2.07. The van der Waals surface area contributed by atoms with Gasteiger partial charge in [-0.1, -0.05) is 0 Å².